The number of nitrogen functional groups attached to an aromatic ring is 1. The van der Waals surface area contributed by atoms with Crippen molar-refractivity contribution in [3.63, 3.8) is 0 Å². The van der Waals surface area contributed by atoms with Gasteiger partial charge in [-0.05, 0) is 56.3 Å². The van der Waals surface area contributed by atoms with E-state index in [9.17, 15) is 4.79 Å². The van der Waals surface area contributed by atoms with Gasteiger partial charge in [0.25, 0.3) is 5.91 Å². The van der Waals surface area contributed by atoms with Gasteiger partial charge >= 0.3 is 0 Å². The van der Waals surface area contributed by atoms with Gasteiger partial charge in [-0.25, -0.2) is 0 Å². The number of amides is 1. The third-order valence-electron chi connectivity index (χ3n) is 2.81. The minimum atomic E-state index is -0.524. The predicted octanol–water partition coefficient (Wildman–Crippen LogP) is 2.90. The lowest BCUT2D eigenvalue weighted by Crippen LogP contribution is -2.13. The van der Waals surface area contributed by atoms with Crippen molar-refractivity contribution in [1.82, 2.24) is 0 Å². The molecule has 0 aliphatic rings. The number of carbonyl (C=O) groups excluding carboxylic acids is 1. The van der Waals surface area contributed by atoms with Crippen LogP contribution in [0.1, 0.15) is 24.2 Å². The second kappa shape index (κ2) is 6.17. The molecule has 0 fully saturated rings. The molecule has 2 aromatic rings. The Labute approximate surface area is 123 Å². The van der Waals surface area contributed by atoms with Crippen molar-refractivity contribution >= 4 is 23.0 Å². The Morgan fingerprint density at radius 2 is 1.81 bits per heavy atom. The highest BCUT2D eigenvalue weighted by Gasteiger charge is 2.09. The minimum Gasteiger partial charge on any atom is -0.491 e. The van der Waals surface area contributed by atoms with Crippen molar-refractivity contribution in [2.24, 2.45) is 5.73 Å². The highest BCUT2D eigenvalue weighted by molar-refractivity contribution is 6.00. The fourth-order valence-electron chi connectivity index (χ4n) is 1.92. The molecule has 0 aliphatic carbocycles. The van der Waals surface area contributed by atoms with Crippen LogP contribution in [0.2, 0.25) is 0 Å². The molecule has 0 bridgehead atoms. The van der Waals surface area contributed by atoms with Crippen molar-refractivity contribution in [3.8, 4) is 5.75 Å². The third kappa shape index (κ3) is 3.89. The van der Waals surface area contributed by atoms with Gasteiger partial charge in [0.15, 0.2) is 0 Å². The Morgan fingerprint density at radius 1 is 1.14 bits per heavy atom. The summed E-state index contributed by atoms with van der Waals surface area (Å²) in [5, 5.41) is 3.15. The number of primary amides is 1. The lowest BCUT2D eigenvalue weighted by molar-refractivity contribution is 0.100. The molecule has 0 atom stereocenters. The zero-order valence-corrected chi connectivity index (χ0v) is 12.1. The van der Waals surface area contributed by atoms with E-state index in [0.717, 1.165) is 11.4 Å². The molecule has 2 rings (SSSR count). The van der Waals surface area contributed by atoms with Crippen LogP contribution in [0.3, 0.4) is 0 Å². The van der Waals surface area contributed by atoms with Crippen LogP contribution >= 0.6 is 0 Å². The first-order valence-corrected chi connectivity index (χ1v) is 6.69. The molecule has 0 aliphatic heterocycles. The maximum absolute atomic E-state index is 11.4. The first kappa shape index (κ1) is 14.7. The second-order valence-electron chi connectivity index (χ2n) is 4.99. The van der Waals surface area contributed by atoms with E-state index in [0.29, 0.717) is 16.9 Å². The lowest BCUT2D eigenvalue weighted by Gasteiger charge is -2.13. The molecule has 5 heteroatoms. The number of anilines is 3. The SMILES string of the molecule is CC(C)Oc1ccc(Nc2ccc(N)cc2C(N)=O)cc1. The summed E-state index contributed by atoms with van der Waals surface area (Å²) in [6.45, 7) is 3.94. The van der Waals surface area contributed by atoms with Gasteiger partial charge < -0.3 is 21.5 Å². The van der Waals surface area contributed by atoms with Crippen LogP contribution < -0.4 is 21.5 Å². The highest BCUT2D eigenvalue weighted by Crippen LogP contribution is 2.24. The van der Waals surface area contributed by atoms with Crippen LogP contribution in [0.25, 0.3) is 0 Å². The zero-order chi connectivity index (χ0) is 15.4. The molecule has 5 nitrogen and oxygen atoms in total. The molecule has 21 heavy (non-hydrogen) atoms. The summed E-state index contributed by atoms with van der Waals surface area (Å²) in [5.41, 5.74) is 13.3. The molecule has 0 saturated carbocycles. The molecular formula is C16H19N3O2. The van der Waals surface area contributed by atoms with Gasteiger partial charge in [0, 0.05) is 11.4 Å². The Morgan fingerprint density at radius 3 is 2.38 bits per heavy atom. The number of rotatable bonds is 5. The van der Waals surface area contributed by atoms with Crippen LogP contribution in [0.4, 0.5) is 17.1 Å². The van der Waals surface area contributed by atoms with E-state index in [2.05, 4.69) is 5.32 Å². The number of carbonyl (C=O) groups is 1. The van der Waals surface area contributed by atoms with Crippen LogP contribution in [-0.4, -0.2) is 12.0 Å². The van der Waals surface area contributed by atoms with Crippen LogP contribution in [0.15, 0.2) is 42.5 Å². The van der Waals surface area contributed by atoms with Gasteiger partial charge in [-0.2, -0.15) is 0 Å². The largest absolute Gasteiger partial charge is 0.491 e. The van der Waals surface area contributed by atoms with Gasteiger partial charge in [-0.1, -0.05) is 0 Å². The van der Waals surface area contributed by atoms with E-state index < -0.39 is 5.91 Å². The number of benzene rings is 2. The molecule has 0 heterocycles. The van der Waals surface area contributed by atoms with Crippen molar-refractivity contribution in [2.45, 2.75) is 20.0 Å². The first-order valence-electron chi connectivity index (χ1n) is 6.69. The van der Waals surface area contributed by atoms with Crippen molar-refractivity contribution in [2.75, 3.05) is 11.1 Å². The smallest absolute Gasteiger partial charge is 0.250 e. The minimum absolute atomic E-state index is 0.127. The van der Waals surface area contributed by atoms with Crippen LogP contribution in [-0.2, 0) is 0 Å². The average molecular weight is 285 g/mol. The maximum atomic E-state index is 11.4. The average Bonchev–Trinajstić information content (AvgIpc) is 2.42. The van der Waals surface area contributed by atoms with E-state index in [-0.39, 0.29) is 6.10 Å². The van der Waals surface area contributed by atoms with E-state index in [4.69, 9.17) is 16.2 Å². The van der Waals surface area contributed by atoms with Gasteiger partial charge in [0.1, 0.15) is 5.75 Å². The Bertz CT molecular complexity index is 636. The summed E-state index contributed by atoms with van der Waals surface area (Å²) < 4.78 is 5.58. The standard InChI is InChI=1S/C16H19N3O2/c1-10(2)21-13-6-4-12(5-7-13)19-15-8-3-11(17)9-14(15)16(18)20/h3-10,19H,17H2,1-2H3,(H2,18,20). The lowest BCUT2D eigenvalue weighted by atomic mass is 10.1. The fraction of sp³-hybridized carbons (Fsp3) is 0.188. The van der Waals surface area contributed by atoms with E-state index in [1.807, 2.05) is 38.1 Å². The second-order valence-corrected chi connectivity index (χ2v) is 4.99. The van der Waals surface area contributed by atoms with E-state index in [1.165, 1.54) is 0 Å². The van der Waals surface area contributed by atoms with Gasteiger partial charge in [0.2, 0.25) is 0 Å². The van der Waals surface area contributed by atoms with Crippen molar-refractivity contribution < 1.29 is 9.53 Å². The predicted molar refractivity (Wildman–Crippen MR) is 84.9 cm³/mol. The Balaban J connectivity index is 2.20. The topological polar surface area (TPSA) is 90.4 Å². The van der Waals surface area contributed by atoms with E-state index >= 15 is 0 Å². The van der Waals surface area contributed by atoms with Gasteiger partial charge in [-0.15, -0.1) is 0 Å². The number of ether oxygens (including phenoxy) is 1. The highest BCUT2D eigenvalue weighted by atomic mass is 16.5. The van der Waals surface area contributed by atoms with Crippen molar-refractivity contribution in [1.29, 1.82) is 0 Å². The maximum Gasteiger partial charge on any atom is 0.250 e. The molecule has 0 unspecified atom stereocenters. The Kier molecular flexibility index (Phi) is 4.33. The molecular weight excluding hydrogens is 266 g/mol. The molecule has 2 aromatic carbocycles. The molecule has 0 spiro atoms. The molecule has 0 aromatic heterocycles. The number of nitrogens with two attached hydrogens (primary N) is 2. The van der Waals surface area contributed by atoms with E-state index in [1.54, 1.807) is 18.2 Å². The quantitative estimate of drug-likeness (QED) is 0.737. The number of hydrogen-bond donors (Lipinski definition) is 3. The van der Waals surface area contributed by atoms with Crippen molar-refractivity contribution in [3.05, 3.63) is 48.0 Å². The summed E-state index contributed by atoms with van der Waals surface area (Å²) in [6, 6.07) is 12.5. The number of nitrogens with one attached hydrogen (secondary N) is 1. The molecule has 5 N–H and O–H groups in total. The van der Waals surface area contributed by atoms with Crippen LogP contribution in [0.5, 0.6) is 5.75 Å². The normalized spacial score (nSPS) is 10.4. The summed E-state index contributed by atoms with van der Waals surface area (Å²) in [5.74, 6) is 0.271. The molecule has 1 amide bonds. The number of hydrogen-bond acceptors (Lipinski definition) is 4. The summed E-state index contributed by atoms with van der Waals surface area (Å²) in [4.78, 5) is 11.4. The fourth-order valence-corrected chi connectivity index (χ4v) is 1.92. The monoisotopic (exact) mass is 285 g/mol. The Hall–Kier alpha value is -2.69. The van der Waals surface area contributed by atoms with Gasteiger partial charge in [-0.3, -0.25) is 4.79 Å². The zero-order valence-electron chi connectivity index (χ0n) is 12.1. The molecule has 0 radical (unpaired) electrons. The first-order chi connectivity index (χ1) is 9.95. The molecule has 0 saturated heterocycles. The third-order valence-corrected chi connectivity index (χ3v) is 2.81. The summed E-state index contributed by atoms with van der Waals surface area (Å²) in [6.07, 6.45) is 0.127. The van der Waals surface area contributed by atoms with Crippen LogP contribution in [0, 0.1) is 0 Å². The molecule has 110 valence electrons. The van der Waals surface area contributed by atoms with Gasteiger partial charge in [0.05, 0.1) is 17.4 Å². The summed E-state index contributed by atoms with van der Waals surface area (Å²) in [7, 11) is 0. The summed E-state index contributed by atoms with van der Waals surface area (Å²) >= 11 is 0.